The second-order valence-electron chi connectivity index (χ2n) is 1.51. The zero-order valence-corrected chi connectivity index (χ0v) is 8.47. The summed E-state index contributed by atoms with van der Waals surface area (Å²) in [5, 5.41) is 0. The molecule has 0 radical (unpaired) electrons. The summed E-state index contributed by atoms with van der Waals surface area (Å²) in [5.41, 5.74) is 0. The average Bonchev–Trinajstić information content (AvgIpc) is 1.80. The van der Waals surface area contributed by atoms with Crippen LogP contribution in [-0.4, -0.2) is 62.2 Å². The summed E-state index contributed by atoms with van der Waals surface area (Å²) in [7, 11) is -3.69. The summed E-state index contributed by atoms with van der Waals surface area (Å²) in [4.78, 5) is 0. The molecule has 11 heavy (non-hydrogen) atoms. The minimum absolute atomic E-state index is 0. The molecule has 0 heterocycles. The van der Waals surface area contributed by atoms with E-state index in [2.05, 4.69) is 0 Å². The van der Waals surface area contributed by atoms with Crippen LogP contribution in [0, 0.1) is 0 Å². The summed E-state index contributed by atoms with van der Waals surface area (Å²) in [6, 6.07) is 0. The SMILES string of the molecule is CCS[SH](CC)S(=O)(=O)O.[CaH2]. The van der Waals surface area contributed by atoms with E-state index in [-0.39, 0.29) is 37.7 Å². The van der Waals surface area contributed by atoms with Crippen LogP contribution in [0.15, 0.2) is 0 Å². The van der Waals surface area contributed by atoms with E-state index in [1.165, 1.54) is 10.8 Å². The fourth-order valence-electron chi connectivity index (χ4n) is 0.465. The van der Waals surface area contributed by atoms with Crippen LogP contribution in [0.1, 0.15) is 13.8 Å². The van der Waals surface area contributed by atoms with Crippen LogP contribution < -0.4 is 0 Å². The summed E-state index contributed by atoms with van der Waals surface area (Å²) in [6.45, 7) is 3.64. The van der Waals surface area contributed by atoms with E-state index in [4.69, 9.17) is 4.55 Å². The predicted molar refractivity (Wildman–Crippen MR) is 57.8 cm³/mol. The summed E-state index contributed by atoms with van der Waals surface area (Å²) in [6.07, 6.45) is 0. The number of thiol groups is 1. The van der Waals surface area contributed by atoms with Gasteiger partial charge in [0.2, 0.25) is 0 Å². The molecule has 1 atom stereocenters. The molecule has 0 rings (SSSR count). The Morgan fingerprint density at radius 2 is 1.91 bits per heavy atom. The van der Waals surface area contributed by atoms with Gasteiger partial charge < -0.3 is 0 Å². The van der Waals surface area contributed by atoms with Crippen molar-refractivity contribution in [2.75, 3.05) is 11.5 Å². The Morgan fingerprint density at radius 1 is 1.45 bits per heavy atom. The molecule has 0 aromatic heterocycles. The van der Waals surface area contributed by atoms with Gasteiger partial charge in [0, 0.05) is 5.75 Å². The van der Waals surface area contributed by atoms with E-state index in [0.717, 1.165) is 5.75 Å². The van der Waals surface area contributed by atoms with Gasteiger partial charge in [0.1, 0.15) is 0 Å². The molecular weight excluding hydrogens is 232 g/mol. The monoisotopic (exact) mass is 246 g/mol. The quantitative estimate of drug-likeness (QED) is 0.329. The van der Waals surface area contributed by atoms with E-state index in [1.807, 2.05) is 6.92 Å². The Bertz CT molecular complexity index is 179. The maximum atomic E-state index is 10.5. The average molecular weight is 246 g/mol. The third-order valence-electron chi connectivity index (χ3n) is 0.789. The Balaban J connectivity index is 0. The maximum absolute atomic E-state index is 10.5. The van der Waals surface area contributed by atoms with Crippen molar-refractivity contribution < 1.29 is 13.0 Å². The molecule has 0 aliphatic carbocycles. The van der Waals surface area contributed by atoms with Gasteiger partial charge in [-0.15, -0.1) is 10.8 Å². The van der Waals surface area contributed by atoms with Gasteiger partial charge in [-0.05, 0) is 5.75 Å². The van der Waals surface area contributed by atoms with Crippen molar-refractivity contribution in [1.82, 2.24) is 0 Å². The van der Waals surface area contributed by atoms with Crippen molar-refractivity contribution in [1.29, 1.82) is 0 Å². The topological polar surface area (TPSA) is 54.4 Å². The van der Waals surface area contributed by atoms with E-state index in [0.29, 0.717) is 5.75 Å². The van der Waals surface area contributed by atoms with Gasteiger partial charge in [-0.25, -0.2) is 0 Å². The predicted octanol–water partition coefficient (Wildman–Crippen LogP) is 0.562. The molecule has 0 spiro atoms. The molecule has 0 amide bonds. The molecular formula is C4H14CaO3S3. The summed E-state index contributed by atoms with van der Waals surface area (Å²) in [5.74, 6) is 1.26. The third-order valence-corrected chi connectivity index (χ3v) is 9.74. The zero-order chi connectivity index (χ0) is 8.20. The molecule has 1 unspecified atom stereocenters. The van der Waals surface area contributed by atoms with E-state index in [9.17, 15) is 8.42 Å². The van der Waals surface area contributed by atoms with Gasteiger partial charge >= 0.3 is 46.9 Å². The van der Waals surface area contributed by atoms with Crippen LogP contribution >= 0.6 is 19.8 Å². The first kappa shape index (κ1) is 15.3. The van der Waals surface area contributed by atoms with Gasteiger partial charge in [-0.1, -0.05) is 22.8 Å². The fraction of sp³-hybridized carbons (Fsp3) is 1.00. The Hall–Kier alpha value is 1.87. The molecule has 0 saturated carbocycles. The van der Waals surface area contributed by atoms with Crippen molar-refractivity contribution >= 4 is 66.6 Å². The fourth-order valence-corrected chi connectivity index (χ4v) is 6.33. The molecule has 0 aromatic carbocycles. The van der Waals surface area contributed by atoms with Crippen LogP contribution in [0.3, 0.4) is 0 Å². The normalized spacial score (nSPS) is 15.4. The summed E-state index contributed by atoms with van der Waals surface area (Å²) >= 11 is 0. The van der Waals surface area contributed by atoms with Crippen molar-refractivity contribution in [3.8, 4) is 0 Å². The van der Waals surface area contributed by atoms with Gasteiger partial charge in [-0.3, -0.25) is 4.55 Å². The van der Waals surface area contributed by atoms with Crippen LogP contribution in [0.4, 0.5) is 0 Å². The van der Waals surface area contributed by atoms with Crippen molar-refractivity contribution in [2.24, 2.45) is 0 Å². The Kier molecular flexibility index (Phi) is 10.2. The van der Waals surface area contributed by atoms with Crippen LogP contribution in [-0.2, 0) is 9.15 Å². The van der Waals surface area contributed by atoms with Crippen molar-refractivity contribution in [3.05, 3.63) is 0 Å². The first-order valence-electron chi connectivity index (χ1n) is 2.90. The molecule has 0 aliphatic rings. The second-order valence-corrected chi connectivity index (χ2v) is 10.0. The first-order chi connectivity index (χ1) is 4.52. The number of hydrogen-bond donors (Lipinski definition) is 2. The van der Waals surface area contributed by atoms with Crippen LogP contribution in [0.25, 0.3) is 0 Å². The molecule has 0 bridgehead atoms. The Morgan fingerprint density at radius 3 is 2.00 bits per heavy atom. The zero-order valence-electron chi connectivity index (χ0n) is 5.94. The van der Waals surface area contributed by atoms with Crippen molar-refractivity contribution in [3.63, 3.8) is 0 Å². The minimum atomic E-state index is -3.75. The molecule has 1 N–H and O–H groups in total. The molecule has 0 aromatic rings. The van der Waals surface area contributed by atoms with Crippen LogP contribution in [0.5, 0.6) is 0 Å². The molecule has 0 fully saturated rings. The van der Waals surface area contributed by atoms with Gasteiger partial charge in [0.25, 0.3) is 0 Å². The molecule has 0 aliphatic heterocycles. The summed E-state index contributed by atoms with van der Waals surface area (Å²) < 4.78 is 29.6. The molecule has 7 heteroatoms. The van der Waals surface area contributed by atoms with E-state index in [1.54, 1.807) is 6.92 Å². The molecule has 3 nitrogen and oxygen atoms in total. The second kappa shape index (κ2) is 7.29. The van der Waals surface area contributed by atoms with Crippen molar-refractivity contribution in [2.45, 2.75) is 13.8 Å². The van der Waals surface area contributed by atoms with Gasteiger partial charge in [0.15, 0.2) is 0 Å². The molecule has 68 valence electrons. The number of hydrogen-bond acceptors (Lipinski definition) is 3. The first-order valence-corrected chi connectivity index (χ1v) is 8.06. The van der Waals surface area contributed by atoms with E-state index < -0.39 is 18.1 Å². The van der Waals surface area contributed by atoms with Gasteiger partial charge in [0.05, 0.1) is 0 Å². The standard InChI is InChI=1S/C4H12O3S3.Ca.2H/c1-3-8-9(4-2)10(5,6)7;;;/h9H,3-4H2,1-2H3,(H,5,6,7);;;. The Labute approximate surface area is 104 Å². The third kappa shape index (κ3) is 6.98. The van der Waals surface area contributed by atoms with E-state index >= 15 is 0 Å². The van der Waals surface area contributed by atoms with Crippen LogP contribution in [0.2, 0.25) is 0 Å². The molecule has 0 saturated heterocycles. The number of rotatable bonds is 4. The van der Waals surface area contributed by atoms with Gasteiger partial charge in [-0.2, -0.15) is 8.42 Å².